The van der Waals surface area contributed by atoms with Crippen LogP contribution in [0.5, 0.6) is 0 Å². The van der Waals surface area contributed by atoms with Crippen LogP contribution in [-0.2, 0) is 9.53 Å². The summed E-state index contributed by atoms with van der Waals surface area (Å²) in [5.41, 5.74) is 0. The van der Waals surface area contributed by atoms with E-state index >= 15 is 0 Å². The van der Waals surface area contributed by atoms with Crippen molar-refractivity contribution in [1.82, 2.24) is 0 Å². The Morgan fingerprint density at radius 3 is 2.06 bits per heavy atom. The van der Waals surface area contributed by atoms with E-state index in [-0.39, 0.29) is 12.2 Å². The highest BCUT2D eigenvalue weighted by molar-refractivity contribution is 5.81. The van der Waals surface area contributed by atoms with Crippen molar-refractivity contribution in [3.05, 3.63) is 12.7 Å². The van der Waals surface area contributed by atoms with E-state index in [1.165, 1.54) is 6.08 Å². The van der Waals surface area contributed by atoms with Gasteiger partial charge in [0, 0.05) is 12.5 Å². The van der Waals surface area contributed by atoms with Gasteiger partial charge in [0.15, 0.2) is 0 Å². The topological polar surface area (TPSA) is 26.3 Å². The quantitative estimate of drug-likeness (QED) is 0.269. The van der Waals surface area contributed by atoms with Crippen LogP contribution in [0.2, 0.25) is 0 Å². The highest BCUT2D eigenvalue weighted by atomic mass is 16.6. The summed E-state index contributed by atoms with van der Waals surface area (Å²) in [6.45, 7) is 15.2. The molecule has 0 bridgehead atoms. The molecule has 0 aromatic rings. The fourth-order valence-corrected chi connectivity index (χ4v) is 2.57. The minimum atomic E-state index is -0.306. The number of rotatable bonds is 9. The molecule has 0 fully saturated rings. The maximum Gasteiger partial charge on any atom is 0.334 e. The molecule has 0 aromatic carbocycles. The van der Waals surface area contributed by atoms with Gasteiger partial charge in [0.05, 0.1) is 19.6 Å². The Morgan fingerprint density at radius 1 is 1.24 bits per heavy atom. The van der Waals surface area contributed by atoms with E-state index in [2.05, 4.69) is 34.3 Å². The van der Waals surface area contributed by atoms with Gasteiger partial charge in [-0.15, -0.1) is 0 Å². The molecule has 0 aliphatic rings. The maximum absolute atomic E-state index is 11.4. The number of esters is 1. The fraction of sp³-hybridized carbons (Fsp3) is 0.786. The molecule has 0 aliphatic heterocycles. The highest BCUT2D eigenvalue weighted by Gasteiger charge is 2.35. The van der Waals surface area contributed by atoms with Crippen molar-refractivity contribution in [2.45, 2.75) is 53.2 Å². The summed E-state index contributed by atoms with van der Waals surface area (Å²) in [6, 6.07) is 0. The second-order valence-electron chi connectivity index (χ2n) is 4.49. The first-order valence-electron chi connectivity index (χ1n) is 6.78. The Kier molecular flexibility index (Phi) is 7.88. The van der Waals surface area contributed by atoms with Gasteiger partial charge in [-0.3, -0.25) is 4.48 Å². The first kappa shape index (κ1) is 16.2. The summed E-state index contributed by atoms with van der Waals surface area (Å²) in [4.78, 5) is 11.4. The van der Waals surface area contributed by atoms with Crippen LogP contribution >= 0.6 is 0 Å². The van der Waals surface area contributed by atoms with Crippen molar-refractivity contribution in [2.24, 2.45) is 0 Å². The van der Waals surface area contributed by atoms with Gasteiger partial charge in [-0.05, 0) is 19.8 Å². The van der Waals surface area contributed by atoms with Crippen molar-refractivity contribution in [1.29, 1.82) is 0 Å². The number of hydrogen-bond acceptors (Lipinski definition) is 2. The molecule has 0 saturated carbocycles. The molecule has 0 amide bonds. The molecule has 1 unspecified atom stereocenters. The lowest BCUT2D eigenvalue weighted by Gasteiger charge is -2.42. The van der Waals surface area contributed by atoms with Gasteiger partial charge in [-0.25, -0.2) is 4.79 Å². The van der Waals surface area contributed by atoms with Gasteiger partial charge < -0.3 is 4.74 Å². The third-order valence-electron chi connectivity index (χ3n) is 3.35. The van der Waals surface area contributed by atoms with Gasteiger partial charge in [0.25, 0.3) is 0 Å². The third-order valence-corrected chi connectivity index (χ3v) is 3.35. The largest absolute Gasteiger partial charge is 0.409 e. The molecule has 17 heavy (non-hydrogen) atoms. The Labute approximate surface area is 106 Å². The Bertz CT molecular complexity index is 232. The van der Waals surface area contributed by atoms with Gasteiger partial charge >= 0.3 is 5.97 Å². The summed E-state index contributed by atoms with van der Waals surface area (Å²) >= 11 is 0. The van der Waals surface area contributed by atoms with Crippen LogP contribution in [0, 0.1) is 0 Å². The molecule has 0 rings (SSSR count). The molecule has 1 atom stereocenters. The van der Waals surface area contributed by atoms with Crippen LogP contribution in [-0.4, -0.2) is 36.3 Å². The van der Waals surface area contributed by atoms with E-state index in [1.54, 1.807) is 0 Å². The molecular formula is C14H28NO2+. The number of hydrogen-bond donors (Lipinski definition) is 0. The van der Waals surface area contributed by atoms with E-state index < -0.39 is 0 Å². The molecule has 0 aliphatic carbocycles. The summed E-state index contributed by atoms with van der Waals surface area (Å²) in [5, 5.41) is 0. The standard InChI is InChI=1S/C14H28NO2/c1-6-11-15(10-5,12-7-2)13(8-3)17-14(16)9-4/h9,13H,4,6-8,10-12H2,1-3,5H3/q+1. The van der Waals surface area contributed by atoms with Crippen molar-refractivity contribution >= 4 is 5.97 Å². The minimum Gasteiger partial charge on any atom is -0.409 e. The fourth-order valence-electron chi connectivity index (χ4n) is 2.57. The average Bonchev–Trinajstić information content (AvgIpc) is 2.35. The zero-order valence-electron chi connectivity index (χ0n) is 11.9. The molecule has 100 valence electrons. The van der Waals surface area contributed by atoms with Gasteiger partial charge in [0.2, 0.25) is 6.23 Å². The lowest BCUT2D eigenvalue weighted by Crippen LogP contribution is -2.57. The average molecular weight is 242 g/mol. The second-order valence-corrected chi connectivity index (χ2v) is 4.49. The molecule has 0 N–H and O–H groups in total. The van der Waals surface area contributed by atoms with Gasteiger partial charge in [-0.2, -0.15) is 0 Å². The predicted molar refractivity (Wildman–Crippen MR) is 71.5 cm³/mol. The number of carbonyl (C=O) groups excluding carboxylic acids is 1. The third kappa shape index (κ3) is 4.50. The maximum atomic E-state index is 11.4. The number of quaternary nitrogens is 1. The molecular weight excluding hydrogens is 214 g/mol. The molecule has 0 heterocycles. The Morgan fingerprint density at radius 2 is 1.76 bits per heavy atom. The molecule has 0 saturated heterocycles. The highest BCUT2D eigenvalue weighted by Crippen LogP contribution is 2.20. The van der Waals surface area contributed by atoms with Gasteiger partial charge in [0.1, 0.15) is 0 Å². The van der Waals surface area contributed by atoms with E-state index in [0.717, 1.165) is 43.4 Å². The zero-order valence-corrected chi connectivity index (χ0v) is 11.9. The predicted octanol–water partition coefficient (Wildman–Crippen LogP) is 3.11. The van der Waals surface area contributed by atoms with Gasteiger partial charge in [-0.1, -0.05) is 27.4 Å². The van der Waals surface area contributed by atoms with E-state index in [1.807, 2.05) is 0 Å². The molecule has 0 radical (unpaired) electrons. The van der Waals surface area contributed by atoms with Crippen LogP contribution in [0.1, 0.15) is 47.0 Å². The van der Waals surface area contributed by atoms with Crippen LogP contribution in [0.3, 0.4) is 0 Å². The van der Waals surface area contributed by atoms with Crippen LogP contribution < -0.4 is 0 Å². The Hall–Kier alpha value is -0.830. The lowest BCUT2D eigenvalue weighted by molar-refractivity contribution is -0.968. The summed E-state index contributed by atoms with van der Waals surface area (Å²) < 4.78 is 6.40. The summed E-state index contributed by atoms with van der Waals surface area (Å²) in [7, 11) is 0. The van der Waals surface area contributed by atoms with E-state index in [4.69, 9.17) is 4.74 Å². The Balaban J connectivity index is 4.92. The molecule has 0 spiro atoms. The molecule has 3 heteroatoms. The van der Waals surface area contributed by atoms with Crippen molar-refractivity contribution in [3.8, 4) is 0 Å². The van der Waals surface area contributed by atoms with Crippen LogP contribution in [0.4, 0.5) is 0 Å². The zero-order chi connectivity index (χ0) is 13.3. The second kappa shape index (κ2) is 8.29. The SMILES string of the molecule is C=CC(=O)OC(CC)[N+](CC)(CCC)CCC. The van der Waals surface area contributed by atoms with E-state index in [0.29, 0.717) is 0 Å². The minimum absolute atomic E-state index is 0.0367. The summed E-state index contributed by atoms with van der Waals surface area (Å²) in [5.74, 6) is -0.306. The molecule has 3 nitrogen and oxygen atoms in total. The van der Waals surface area contributed by atoms with Crippen molar-refractivity contribution in [3.63, 3.8) is 0 Å². The molecule has 0 aromatic heterocycles. The smallest absolute Gasteiger partial charge is 0.334 e. The summed E-state index contributed by atoms with van der Waals surface area (Å²) in [6.07, 6.45) is 4.29. The van der Waals surface area contributed by atoms with Crippen molar-refractivity contribution in [2.75, 3.05) is 19.6 Å². The normalized spacial score (nSPS) is 13.2. The monoisotopic (exact) mass is 242 g/mol. The first-order chi connectivity index (χ1) is 8.10. The van der Waals surface area contributed by atoms with Crippen molar-refractivity contribution < 1.29 is 14.0 Å². The number of carbonyl (C=O) groups is 1. The number of nitrogens with zero attached hydrogens (tertiary/aromatic N) is 1. The van der Waals surface area contributed by atoms with Crippen LogP contribution in [0.15, 0.2) is 12.7 Å². The first-order valence-corrected chi connectivity index (χ1v) is 6.78. The lowest BCUT2D eigenvalue weighted by atomic mass is 10.2. The number of ether oxygens (including phenoxy) is 1. The van der Waals surface area contributed by atoms with E-state index in [9.17, 15) is 4.79 Å². The van der Waals surface area contributed by atoms with Crippen LogP contribution in [0.25, 0.3) is 0 Å².